The van der Waals surface area contributed by atoms with Crippen molar-refractivity contribution in [1.29, 1.82) is 0 Å². The normalized spacial score (nSPS) is 16.7. The highest BCUT2D eigenvalue weighted by atomic mass is 19.4. The number of hydrogen-bond acceptors (Lipinski definition) is 2. The molecular weight excluding hydrogens is 425 g/mol. The van der Waals surface area contributed by atoms with Crippen LogP contribution in [0.2, 0.25) is 0 Å². The lowest BCUT2D eigenvalue weighted by molar-refractivity contribution is -0.137. The topological polar surface area (TPSA) is 27.1 Å². The fourth-order valence-corrected chi connectivity index (χ4v) is 4.45. The van der Waals surface area contributed by atoms with Crippen molar-refractivity contribution in [2.75, 3.05) is 0 Å². The molecule has 0 unspecified atom stereocenters. The van der Waals surface area contributed by atoms with Crippen LogP contribution in [0.5, 0.6) is 11.6 Å². The second kappa shape index (κ2) is 8.77. The van der Waals surface area contributed by atoms with E-state index in [-0.39, 0.29) is 5.88 Å². The van der Waals surface area contributed by atoms with Crippen LogP contribution in [0.15, 0.2) is 84.7 Å². The summed E-state index contributed by atoms with van der Waals surface area (Å²) >= 11 is 0. The Morgan fingerprint density at radius 1 is 0.939 bits per heavy atom. The predicted octanol–water partition coefficient (Wildman–Crippen LogP) is 8.05. The molecule has 0 amide bonds. The summed E-state index contributed by atoms with van der Waals surface area (Å²) in [5.41, 5.74) is 2.90. The fraction of sp³-hybridized carbons (Fsp3) is 0.222. The average Bonchev–Trinajstić information content (AvgIpc) is 3.24. The lowest BCUT2D eigenvalue weighted by Crippen LogP contribution is -2.13. The number of ether oxygens (including phenoxy) is 1. The zero-order valence-electron chi connectivity index (χ0n) is 17.9. The monoisotopic (exact) mass is 448 g/mol. The summed E-state index contributed by atoms with van der Waals surface area (Å²) in [5.74, 6) is 0.677. The molecule has 1 saturated carbocycles. The zero-order valence-corrected chi connectivity index (χ0v) is 17.9. The zero-order chi connectivity index (χ0) is 22.8. The van der Waals surface area contributed by atoms with E-state index >= 15 is 0 Å². The Labute approximate surface area is 190 Å². The molecular formula is C27H23F3N2O. The highest BCUT2D eigenvalue weighted by molar-refractivity contribution is 5.80. The quantitative estimate of drug-likeness (QED) is 0.316. The van der Waals surface area contributed by atoms with Gasteiger partial charge in [0.25, 0.3) is 0 Å². The van der Waals surface area contributed by atoms with Gasteiger partial charge in [-0.1, -0.05) is 42.0 Å². The van der Waals surface area contributed by atoms with Crippen molar-refractivity contribution in [1.82, 2.24) is 9.55 Å². The largest absolute Gasteiger partial charge is 0.439 e. The van der Waals surface area contributed by atoms with Crippen LogP contribution in [0.25, 0.3) is 17.0 Å². The van der Waals surface area contributed by atoms with Crippen LogP contribution in [0.4, 0.5) is 13.2 Å². The Morgan fingerprint density at radius 3 is 2.52 bits per heavy atom. The number of para-hydroxylation sites is 1. The molecule has 0 saturated heterocycles. The van der Waals surface area contributed by atoms with E-state index in [1.54, 1.807) is 6.07 Å². The number of hydrogen-bond donors (Lipinski definition) is 0. The van der Waals surface area contributed by atoms with Crippen LogP contribution in [0.1, 0.15) is 42.9 Å². The highest BCUT2D eigenvalue weighted by Gasteiger charge is 2.30. The summed E-state index contributed by atoms with van der Waals surface area (Å²) in [5, 5.41) is 1.28. The van der Waals surface area contributed by atoms with E-state index < -0.39 is 11.7 Å². The number of allylic oxidation sites excluding steroid dienone is 1. The van der Waals surface area contributed by atoms with Gasteiger partial charge in [-0.2, -0.15) is 13.2 Å². The van der Waals surface area contributed by atoms with Crippen molar-refractivity contribution >= 4 is 17.0 Å². The van der Waals surface area contributed by atoms with Crippen molar-refractivity contribution < 1.29 is 17.9 Å². The van der Waals surface area contributed by atoms with Gasteiger partial charge < -0.3 is 9.30 Å². The van der Waals surface area contributed by atoms with Crippen molar-refractivity contribution in [3.05, 3.63) is 95.8 Å². The smallest absolute Gasteiger partial charge is 0.417 e. The van der Waals surface area contributed by atoms with Gasteiger partial charge in [-0.3, -0.25) is 0 Å². The maximum atomic E-state index is 12.7. The molecule has 6 heteroatoms. The van der Waals surface area contributed by atoms with Crippen LogP contribution >= 0.6 is 0 Å². The van der Waals surface area contributed by atoms with Crippen molar-refractivity contribution in [2.24, 2.45) is 0 Å². The first-order valence-corrected chi connectivity index (χ1v) is 11.0. The van der Waals surface area contributed by atoms with E-state index in [0.29, 0.717) is 11.8 Å². The standard InChI is InChI=1S/C27H23F3N2O/c28-27(29,30)22-10-13-26(31-18-22)33-24-6-3-4-20(17-24)16-19-8-11-23(12-9-19)32-15-14-21-5-1-2-7-25(21)32/h1-7,10,13-18,23H,8-9,11-12H2. The summed E-state index contributed by atoms with van der Waals surface area (Å²) in [6.45, 7) is 0. The second-order valence-electron chi connectivity index (χ2n) is 8.37. The third-order valence-corrected chi connectivity index (χ3v) is 6.14. The molecule has 4 aromatic rings. The maximum Gasteiger partial charge on any atom is 0.417 e. The Balaban J connectivity index is 1.25. The molecule has 1 aliphatic rings. The van der Waals surface area contributed by atoms with E-state index in [2.05, 4.69) is 52.2 Å². The Morgan fingerprint density at radius 2 is 1.76 bits per heavy atom. The van der Waals surface area contributed by atoms with Gasteiger partial charge in [-0.05, 0) is 67.0 Å². The number of pyridine rings is 1. The maximum absolute atomic E-state index is 12.7. The van der Waals surface area contributed by atoms with E-state index in [4.69, 9.17) is 4.74 Å². The van der Waals surface area contributed by atoms with E-state index in [0.717, 1.165) is 43.5 Å². The fourth-order valence-electron chi connectivity index (χ4n) is 4.45. The lowest BCUT2D eigenvalue weighted by Gasteiger charge is -2.26. The van der Waals surface area contributed by atoms with Crippen molar-refractivity contribution in [3.63, 3.8) is 0 Å². The molecule has 0 atom stereocenters. The van der Waals surface area contributed by atoms with Crippen LogP contribution in [-0.2, 0) is 6.18 Å². The molecule has 1 aliphatic carbocycles. The lowest BCUT2D eigenvalue weighted by atomic mass is 9.89. The minimum absolute atomic E-state index is 0.132. The summed E-state index contributed by atoms with van der Waals surface area (Å²) in [6.07, 6.45) is 5.01. The first-order chi connectivity index (χ1) is 16.0. The van der Waals surface area contributed by atoms with Gasteiger partial charge >= 0.3 is 6.18 Å². The number of fused-ring (bicyclic) bond motifs is 1. The SMILES string of the molecule is FC(F)(F)c1ccc(Oc2cccc(C=C3CCC(n4ccc5ccccc54)CC3)c2)nc1. The van der Waals surface area contributed by atoms with Gasteiger partial charge in [0.15, 0.2) is 0 Å². The molecule has 0 radical (unpaired) electrons. The molecule has 0 bridgehead atoms. The van der Waals surface area contributed by atoms with E-state index in [9.17, 15) is 13.2 Å². The van der Waals surface area contributed by atoms with Gasteiger partial charge in [-0.25, -0.2) is 4.98 Å². The van der Waals surface area contributed by atoms with Gasteiger partial charge in [0, 0.05) is 30.0 Å². The number of nitrogens with zero attached hydrogens (tertiary/aromatic N) is 2. The minimum atomic E-state index is -4.41. The molecule has 2 aromatic heterocycles. The number of halogens is 3. The van der Waals surface area contributed by atoms with Crippen molar-refractivity contribution in [3.8, 4) is 11.6 Å². The van der Waals surface area contributed by atoms with Gasteiger partial charge in [0.1, 0.15) is 5.75 Å². The molecule has 0 spiro atoms. The number of benzene rings is 2. The highest BCUT2D eigenvalue weighted by Crippen LogP contribution is 2.35. The molecule has 2 heterocycles. The van der Waals surface area contributed by atoms with Crippen molar-refractivity contribution in [2.45, 2.75) is 37.9 Å². The molecule has 0 aliphatic heterocycles. The summed E-state index contributed by atoms with van der Waals surface area (Å²) < 4.78 is 46.2. The first kappa shape index (κ1) is 21.3. The van der Waals surface area contributed by atoms with E-state index in [1.165, 1.54) is 22.5 Å². The Kier molecular flexibility index (Phi) is 5.67. The molecule has 3 nitrogen and oxygen atoms in total. The van der Waals surface area contributed by atoms with Gasteiger partial charge in [-0.15, -0.1) is 0 Å². The summed E-state index contributed by atoms with van der Waals surface area (Å²) in [4.78, 5) is 3.78. The number of rotatable bonds is 4. The van der Waals surface area contributed by atoms with Crippen LogP contribution < -0.4 is 4.74 Å². The molecule has 168 valence electrons. The molecule has 5 rings (SSSR count). The number of alkyl halides is 3. The summed E-state index contributed by atoms with van der Waals surface area (Å²) in [6, 6.07) is 20.9. The van der Waals surface area contributed by atoms with E-state index in [1.807, 2.05) is 18.2 Å². The predicted molar refractivity (Wildman–Crippen MR) is 123 cm³/mol. The van der Waals surface area contributed by atoms with Crippen LogP contribution in [0, 0.1) is 0 Å². The number of aromatic nitrogens is 2. The minimum Gasteiger partial charge on any atom is -0.439 e. The van der Waals surface area contributed by atoms with Gasteiger partial charge in [0.2, 0.25) is 5.88 Å². The molecule has 1 fully saturated rings. The third-order valence-electron chi connectivity index (χ3n) is 6.14. The van der Waals surface area contributed by atoms with Crippen LogP contribution in [0.3, 0.4) is 0 Å². The summed E-state index contributed by atoms with van der Waals surface area (Å²) in [7, 11) is 0. The second-order valence-corrected chi connectivity index (χ2v) is 8.37. The Hall–Kier alpha value is -3.54. The van der Waals surface area contributed by atoms with Crippen LogP contribution in [-0.4, -0.2) is 9.55 Å². The Bertz CT molecular complexity index is 1280. The first-order valence-electron chi connectivity index (χ1n) is 11.0. The molecule has 33 heavy (non-hydrogen) atoms. The average molecular weight is 448 g/mol. The molecule has 2 aromatic carbocycles. The molecule has 0 N–H and O–H groups in total. The third kappa shape index (κ3) is 4.80. The van der Waals surface area contributed by atoms with Gasteiger partial charge in [0.05, 0.1) is 5.56 Å².